The predicted octanol–water partition coefficient (Wildman–Crippen LogP) is 4.77. The van der Waals surface area contributed by atoms with Crippen molar-refractivity contribution in [1.29, 1.82) is 0 Å². The quantitative estimate of drug-likeness (QED) is 0.684. The van der Waals surface area contributed by atoms with Gasteiger partial charge in [-0.15, -0.1) is 0 Å². The van der Waals surface area contributed by atoms with Crippen molar-refractivity contribution in [3.63, 3.8) is 0 Å². The highest BCUT2D eigenvalue weighted by atomic mass is 19.3. The van der Waals surface area contributed by atoms with Crippen molar-refractivity contribution in [3.8, 4) is 0 Å². The molecule has 0 saturated heterocycles. The van der Waals surface area contributed by atoms with Gasteiger partial charge in [0.2, 0.25) is 0 Å². The molecule has 0 radical (unpaired) electrons. The SMILES string of the molecule is CC(Nc1ncnc2cc(=O)n(C3CCC3)cc12)c1cccc(C(F)F)c1F. The molecule has 146 valence electrons. The largest absolute Gasteiger partial charge is 0.363 e. The molecule has 0 spiro atoms. The predicted molar refractivity (Wildman–Crippen MR) is 100 cm³/mol. The third-order valence-electron chi connectivity index (χ3n) is 5.28. The fourth-order valence-electron chi connectivity index (χ4n) is 3.47. The van der Waals surface area contributed by atoms with Gasteiger partial charge in [-0.05, 0) is 26.2 Å². The second-order valence-electron chi connectivity index (χ2n) is 7.04. The number of hydrogen-bond donors (Lipinski definition) is 1. The molecule has 8 heteroatoms. The molecule has 0 aliphatic heterocycles. The van der Waals surface area contributed by atoms with Crippen LogP contribution in [-0.2, 0) is 0 Å². The van der Waals surface area contributed by atoms with Crippen molar-refractivity contribution in [3.05, 3.63) is 64.1 Å². The van der Waals surface area contributed by atoms with Crippen LogP contribution in [0.1, 0.15) is 55.8 Å². The Morgan fingerprint density at radius 1 is 1.21 bits per heavy atom. The summed E-state index contributed by atoms with van der Waals surface area (Å²) in [5, 5.41) is 3.71. The Morgan fingerprint density at radius 2 is 1.96 bits per heavy atom. The van der Waals surface area contributed by atoms with Crippen molar-refractivity contribution < 1.29 is 13.2 Å². The molecule has 1 aromatic carbocycles. The molecule has 1 aliphatic rings. The maximum absolute atomic E-state index is 14.5. The average molecular weight is 388 g/mol. The lowest BCUT2D eigenvalue weighted by atomic mass is 9.93. The summed E-state index contributed by atoms with van der Waals surface area (Å²) in [6.45, 7) is 1.67. The van der Waals surface area contributed by atoms with Gasteiger partial charge in [-0.2, -0.15) is 0 Å². The number of rotatable bonds is 5. The van der Waals surface area contributed by atoms with Crippen molar-refractivity contribution >= 4 is 16.7 Å². The Kier molecular flexibility index (Phi) is 4.78. The van der Waals surface area contributed by atoms with Crippen LogP contribution < -0.4 is 10.9 Å². The summed E-state index contributed by atoms with van der Waals surface area (Å²) < 4.78 is 42.1. The Labute approximate surface area is 159 Å². The molecule has 0 bridgehead atoms. The Morgan fingerprint density at radius 3 is 2.64 bits per heavy atom. The van der Waals surface area contributed by atoms with Crippen LogP contribution in [-0.4, -0.2) is 14.5 Å². The molecule has 0 amide bonds. The lowest BCUT2D eigenvalue weighted by molar-refractivity contribution is 0.146. The van der Waals surface area contributed by atoms with Crippen LogP contribution in [0.4, 0.5) is 19.0 Å². The first-order valence-electron chi connectivity index (χ1n) is 9.15. The number of alkyl halides is 2. The van der Waals surface area contributed by atoms with E-state index >= 15 is 0 Å². The molecule has 3 aromatic rings. The summed E-state index contributed by atoms with van der Waals surface area (Å²) in [4.78, 5) is 20.7. The zero-order valence-corrected chi connectivity index (χ0v) is 15.2. The number of hydrogen-bond acceptors (Lipinski definition) is 4. The number of nitrogens with zero attached hydrogens (tertiary/aromatic N) is 3. The number of anilines is 1. The highest BCUT2D eigenvalue weighted by Gasteiger charge is 2.22. The first-order chi connectivity index (χ1) is 13.5. The number of nitrogens with one attached hydrogen (secondary N) is 1. The highest BCUT2D eigenvalue weighted by Crippen LogP contribution is 2.32. The third kappa shape index (κ3) is 3.23. The summed E-state index contributed by atoms with van der Waals surface area (Å²) in [6.07, 6.45) is 3.14. The molecular weight excluding hydrogens is 369 g/mol. The van der Waals surface area contributed by atoms with Gasteiger partial charge >= 0.3 is 0 Å². The number of benzene rings is 1. The molecule has 1 aliphatic carbocycles. The van der Waals surface area contributed by atoms with Gasteiger partial charge < -0.3 is 9.88 Å². The van der Waals surface area contributed by atoms with Crippen LogP contribution in [0.15, 0.2) is 41.6 Å². The normalized spacial score (nSPS) is 15.6. The van der Waals surface area contributed by atoms with E-state index in [4.69, 9.17) is 0 Å². The summed E-state index contributed by atoms with van der Waals surface area (Å²) in [5.41, 5.74) is -0.146. The molecule has 1 unspecified atom stereocenters. The van der Waals surface area contributed by atoms with Crippen LogP contribution in [0.2, 0.25) is 0 Å². The van der Waals surface area contributed by atoms with E-state index < -0.39 is 23.8 Å². The third-order valence-corrected chi connectivity index (χ3v) is 5.28. The van der Waals surface area contributed by atoms with E-state index in [2.05, 4.69) is 15.3 Å². The second-order valence-corrected chi connectivity index (χ2v) is 7.04. The smallest absolute Gasteiger partial charge is 0.266 e. The van der Waals surface area contributed by atoms with Gasteiger partial charge in [-0.3, -0.25) is 4.79 Å². The number of fused-ring (bicyclic) bond motifs is 1. The molecular formula is C20H19F3N4O. The van der Waals surface area contributed by atoms with E-state index in [1.807, 2.05) is 0 Å². The summed E-state index contributed by atoms with van der Waals surface area (Å²) in [6, 6.07) is 4.97. The van der Waals surface area contributed by atoms with Crippen molar-refractivity contribution in [2.75, 3.05) is 5.32 Å². The fraction of sp³-hybridized carbons (Fsp3) is 0.350. The number of aromatic nitrogens is 3. The summed E-state index contributed by atoms with van der Waals surface area (Å²) >= 11 is 0. The van der Waals surface area contributed by atoms with Crippen molar-refractivity contribution in [1.82, 2.24) is 14.5 Å². The van der Waals surface area contributed by atoms with Crippen LogP contribution in [0.3, 0.4) is 0 Å². The Balaban J connectivity index is 1.72. The topological polar surface area (TPSA) is 59.8 Å². The van der Waals surface area contributed by atoms with Crippen LogP contribution >= 0.6 is 0 Å². The summed E-state index contributed by atoms with van der Waals surface area (Å²) in [5.74, 6) is -0.505. The fourth-order valence-corrected chi connectivity index (χ4v) is 3.47. The first-order valence-corrected chi connectivity index (χ1v) is 9.15. The Hall–Kier alpha value is -2.90. The van der Waals surface area contributed by atoms with Gasteiger partial charge in [-0.1, -0.05) is 18.2 Å². The molecule has 2 heterocycles. The van der Waals surface area contributed by atoms with Crippen molar-refractivity contribution in [2.24, 2.45) is 0 Å². The minimum atomic E-state index is -2.89. The van der Waals surface area contributed by atoms with Gasteiger partial charge in [0.25, 0.3) is 12.0 Å². The zero-order valence-electron chi connectivity index (χ0n) is 15.2. The molecule has 1 fully saturated rings. The van der Waals surface area contributed by atoms with Gasteiger partial charge in [0, 0.05) is 23.9 Å². The van der Waals surface area contributed by atoms with E-state index in [1.165, 1.54) is 24.5 Å². The lowest BCUT2D eigenvalue weighted by Gasteiger charge is -2.28. The lowest BCUT2D eigenvalue weighted by Crippen LogP contribution is -2.28. The minimum Gasteiger partial charge on any atom is -0.363 e. The molecule has 4 rings (SSSR count). The molecule has 1 atom stereocenters. The monoisotopic (exact) mass is 388 g/mol. The molecule has 28 heavy (non-hydrogen) atoms. The van der Waals surface area contributed by atoms with E-state index in [1.54, 1.807) is 17.7 Å². The zero-order chi connectivity index (χ0) is 19.8. The van der Waals surface area contributed by atoms with E-state index in [9.17, 15) is 18.0 Å². The van der Waals surface area contributed by atoms with Gasteiger partial charge in [0.1, 0.15) is 18.0 Å². The Bertz CT molecular complexity index is 1080. The van der Waals surface area contributed by atoms with Gasteiger partial charge in [-0.25, -0.2) is 23.1 Å². The maximum atomic E-state index is 14.5. The first kappa shape index (κ1) is 18.5. The van der Waals surface area contributed by atoms with Crippen LogP contribution in [0.5, 0.6) is 0 Å². The van der Waals surface area contributed by atoms with Crippen LogP contribution in [0.25, 0.3) is 10.9 Å². The van der Waals surface area contributed by atoms with Crippen molar-refractivity contribution in [2.45, 2.75) is 44.7 Å². The second kappa shape index (κ2) is 7.26. The summed E-state index contributed by atoms with van der Waals surface area (Å²) in [7, 11) is 0. The molecule has 5 nitrogen and oxygen atoms in total. The van der Waals surface area contributed by atoms with E-state index in [0.717, 1.165) is 25.3 Å². The van der Waals surface area contributed by atoms with Gasteiger partial charge in [0.05, 0.1) is 22.5 Å². The minimum absolute atomic E-state index is 0.120. The number of pyridine rings is 1. The average Bonchev–Trinajstić information content (AvgIpc) is 2.61. The van der Waals surface area contributed by atoms with Gasteiger partial charge in [0.15, 0.2) is 0 Å². The molecule has 1 saturated carbocycles. The molecule has 2 aromatic heterocycles. The van der Waals surface area contributed by atoms with E-state index in [0.29, 0.717) is 16.7 Å². The standard InChI is InChI=1S/C20H19F3N4O/c1-11(13-6-3-7-14(18(13)21)19(22)23)26-20-15-9-27(12-4-2-5-12)17(28)8-16(15)24-10-25-20/h3,6-12,19H,2,4-5H2,1H3,(H,24,25,26). The highest BCUT2D eigenvalue weighted by molar-refractivity contribution is 5.88. The van der Waals surface area contributed by atoms with Crippen LogP contribution in [0, 0.1) is 5.82 Å². The van der Waals surface area contributed by atoms with E-state index in [-0.39, 0.29) is 17.2 Å². The maximum Gasteiger partial charge on any atom is 0.266 e. The molecule has 1 N–H and O–H groups in total. The number of halogens is 3.